The molecular formula is C26H22N2O5S2. The average molecular weight is 507 g/mol. The van der Waals surface area contributed by atoms with Crippen molar-refractivity contribution in [1.82, 2.24) is 9.71 Å². The van der Waals surface area contributed by atoms with Crippen molar-refractivity contribution in [2.75, 3.05) is 0 Å². The van der Waals surface area contributed by atoms with Crippen LogP contribution in [0.2, 0.25) is 0 Å². The topological polar surface area (TPSA) is 102 Å². The van der Waals surface area contributed by atoms with E-state index in [1.807, 2.05) is 47.2 Å². The maximum Gasteiger partial charge on any atom is 0.326 e. The van der Waals surface area contributed by atoms with Crippen LogP contribution in [0.1, 0.15) is 22.2 Å². The second-order valence-electron chi connectivity index (χ2n) is 7.64. The highest BCUT2D eigenvalue weighted by atomic mass is 32.2. The van der Waals surface area contributed by atoms with Crippen molar-refractivity contribution in [3.63, 3.8) is 0 Å². The van der Waals surface area contributed by atoms with E-state index in [0.717, 1.165) is 22.5 Å². The number of carbonyl (C=O) groups is 2. The highest BCUT2D eigenvalue weighted by Gasteiger charge is 2.33. The number of benzene rings is 3. The van der Waals surface area contributed by atoms with Gasteiger partial charge in [0.1, 0.15) is 16.5 Å². The van der Waals surface area contributed by atoms with Crippen molar-refractivity contribution in [3.05, 3.63) is 101 Å². The number of thiazole rings is 1. The molecule has 1 aromatic heterocycles. The Morgan fingerprint density at radius 3 is 2.03 bits per heavy atom. The van der Waals surface area contributed by atoms with E-state index < -0.39 is 27.1 Å². The number of aromatic nitrogens is 1. The molecule has 4 rings (SSSR count). The predicted molar refractivity (Wildman–Crippen MR) is 135 cm³/mol. The molecule has 0 bridgehead atoms. The van der Waals surface area contributed by atoms with E-state index in [-0.39, 0.29) is 11.5 Å². The maximum absolute atomic E-state index is 13.1. The van der Waals surface area contributed by atoms with Gasteiger partial charge in [-0.05, 0) is 12.5 Å². The number of ether oxygens (including phenoxy) is 1. The molecule has 1 atom stereocenters. The lowest BCUT2D eigenvalue weighted by Gasteiger charge is -2.13. The third kappa shape index (κ3) is 5.82. The molecule has 1 amide bonds. The number of sulfonamides is 1. The molecule has 1 N–H and O–H groups in total. The van der Waals surface area contributed by atoms with Crippen LogP contribution in [0.5, 0.6) is 0 Å². The van der Waals surface area contributed by atoms with Gasteiger partial charge in [0, 0.05) is 11.1 Å². The molecule has 9 heteroatoms. The Labute approximate surface area is 207 Å². The number of nitrogens with one attached hydrogen (secondary N) is 1. The van der Waals surface area contributed by atoms with Crippen molar-refractivity contribution < 1.29 is 22.7 Å². The minimum atomic E-state index is -4.36. The monoisotopic (exact) mass is 506 g/mol. The first-order valence-electron chi connectivity index (χ1n) is 10.7. The number of rotatable bonds is 8. The molecule has 0 aliphatic carbocycles. The summed E-state index contributed by atoms with van der Waals surface area (Å²) in [5, 5.41) is -1.01. The van der Waals surface area contributed by atoms with Crippen LogP contribution in [0, 0.1) is 0 Å². The summed E-state index contributed by atoms with van der Waals surface area (Å²) in [5.74, 6) is -1.81. The molecule has 4 aromatic rings. The lowest BCUT2D eigenvalue weighted by atomic mass is 10.1. The summed E-state index contributed by atoms with van der Waals surface area (Å²) in [7, 11) is -4.36. The van der Waals surface area contributed by atoms with Gasteiger partial charge in [-0.15, -0.1) is 11.3 Å². The molecule has 0 radical (unpaired) electrons. The SMILES string of the molecule is CC(C(=O)OCc1ccccc1)S(=O)(=O)NC(=O)c1sc(-c2ccccc2)nc1-c1ccccc1. The zero-order valence-corrected chi connectivity index (χ0v) is 20.4. The smallest absolute Gasteiger partial charge is 0.326 e. The molecule has 1 heterocycles. The summed E-state index contributed by atoms with van der Waals surface area (Å²) in [5.41, 5.74) is 2.56. The van der Waals surface area contributed by atoms with Gasteiger partial charge in [0.05, 0.1) is 5.69 Å². The fraction of sp³-hybridized carbons (Fsp3) is 0.115. The lowest BCUT2D eigenvalue weighted by Crippen LogP contribution is -2.41. The van der Waals surface area contributed by atoms with Crippen LogP contribution in [0.15, 0.2) is 91.0 Å². The van der Waals surface area contributed by atoms with Gasteiger partial charge in [0.25, 0.3) is 5.91 Å². The highest BCUT2D eigenvalue weighted by Crippen LogP contribution is 2.34. The van der Waals surface area contributed by atoms with Crippen LogP contribution < -0.4 is 4.72 Å². The summed E-state index contributed by atoms with van der Waals surface area (Å²) < 4.78 is 32.9. The molecule has 1 unspecified atom stereocenters. The van der Waals surface area contributed by atoms with E-state index in [9.17, 15) is 18.0 Å². The molecule has 0 saturated heterocycles. The normalized spacial score (nSPS) is 12.0. The van der Waals surface area contributed by atoms with Gasteiger partial charge in [-0.2, -0.15) is 0 Å². The summed E-state index contributed by atoms with van der Waals surface area (Å²) in [6, 6.07) is 27.2. The molecule has 0 saturated carbocycles. The quantitative estimate of drug-likeness (QED) is 0.349. The minimum absolute atomic E-state index is 0.0685. The van der Waals surface area contributed by atoms with E-state index in [1.165, 1.54) is 6.92 Å². The van der Waals surface area contributed by atoms with Gasteiger partial charge in [-0.25, -0.2) is 18.1 Å². The molecule has 0 spiro atoms. The fourth-order valence-corrected chi connectivity index (χ4v) is 5.12. The van der Waals surface area contributed by atoms with Crippen molar-refractivity contribution >= 4 is 33.2 Å². The molecular weight excluding hydrogens is 484 g/mol. The molecule has 35 heavy (non-hydrogen) atoms. The van der Waals surface area contributed by atoms with Crippen molar-refractivity contribution in [2.24, 2.45) is 0 Å². The Bertz CT molecular complexity index is 1420. The molecule has 178 valence electrons. The molecule has 3 aromatic carbocycles. The van der Waals surface area contributed by atoms with Crippen molar-refractivity contribution in [2.45, 2.75) is 18.8 Å². The zero-order valence-electron chi connectivity index (χ0n) is 18.7. The number of nitrogens with zero attached hydrogens (tertiary/aromatic N) is 1. The Morgan fingerprint density at radius 1 is 0.886 bits per heavy atom. The zero-order chi connectivity index (χ0) is 24.8. The molecule has 7 nitrogen and oxygen atoms in total. The van der Waals surface area contributed by atoms with Gasteiger partial charge in [0.2, 0.25) is 10.0 Å². The number of amides is 1. The highest BCUT2D eigenvalue weighted by molar-refractivity contribution is 7.91. The van der Waals surface area contributed by atoms with Gasteiger partial charge in [0.15, 0.2) is 5.25 Å². The number of hydrogen-bond acceptors (Lipinski definition) is 7. The third-order valence-electron chi connectivity index (χ3n) is 5.16. The van der Waals surface area contributed by atoms with Gasteiger partial charge in [-0.1, -0.05) is 91.0 Å². The average Bonchev–Trinajstić information content (AvgIpc) is 3.34. The summed E-state index contributed by atoms with van der Waals surface area (Å²) in [4.78, 5) is 30.3. The van der Waals surface area contributed by atoms with Crippen LogP contribution in [0.3, 0.4) is 0 Å². The number of esters is 1. The van der Waals surface area contributed by atoms with E-state index in [2.05, 4.69) is 4.98 Å². The van der Waals surface area contributed by atoms with E-state index in [1.54, 1.807) is 48.5 Å². The van der Waals surface area contributed by atoms with Crippen molar-refractivity contribution in [1.29, 1.82) is 0 Å². The second kappa shape index (κ2) is 10.6. The molecule has 0 aliphatic heterocycles. The number of hydrogen-bond donors (Lipinski definition) is 1. The first-order valence-corrected chi connectivity index (χ1v) is 13.1. The Morgan fingerprint density at radius 2 is 1.43 bits per heavy atom. The van der Waals surface area contributed by atoms with Gasteiger partial charge < -0.3 is 4.74 Å². The van der Waals surface area contributed by atoms with E-state index in [4.69, 9.17) is 4.74 Å². The van der Waals surface area contributed by atoms with Gasteiger partial charge >= 0.3 is 5.97 Å². The summed E-state index contributed by atoms with van der Waals surface area (Å²) in [6.07, 6.45) is 0. The predicted octanol–water partition coefficient (Wildman–Crippen LogP) is 4.67. The third-order valence-corrected chi connectivity index (χ3v) is 7.85. The molecule has 0 fully saturated rings. The summed E-state index contributed by atoms with van der Waals surface area (Å²) in [6.45, 7) is 1.12. The maximum atomic E-state index is 13.1. The van der Waals surface area contributed by atoms with E-state index >= 15 is 0 Å². The van der Waals surface area contributed by atoms with Crippen LogP contribution in [0.25, 0.3) is 21.8 Å². The second-order valence-corrected chi connectivity index (χ2v) is 10.6. The van der Waals surface area contributed by atoms with Crippen LogP contribution in [0.4, 0.5) is 0 Å². The first kappa shape index (κ1) is 24.3. The fourth-order valence-electron chi connectivity index (χ4n) is 3.21. The Hall–Kier alpha value is -3.82. The van der Waals surface area contributed by atoms with Gasteiger partial charge in [-0.3, -0.25) is 9.59 Å². The first-order chi connectivity index (χ1) is 16.8. The standard InChI is InChI=1S/C26H22N2O5S2/c1-18(26(30)33-17-19-11-5-2-6-12-19)35(31,32)28-24(29)23-22(20-13-7-3-8-14-20)27-25(34-23)21-15-9-4-10-16-21/h2-16,18H,17H2,1H3,(H,28,29). The minimum Gasteiger partial charge on any atom is -0.460 e. The lowest BCUT2D eigenvalue weighted by molar-refractivity contribution is -0.144. The number of carbonyl (C=O) groups excluding carboxylic acids is 2. The summed E-state index contributed by atoms with van der Waals surface area (Å²) >= 11 is 1.08. The Kier molecular flexibility index (Phi) is 7.38. The van der Waals surface area contributed by atoms with Crippen LogP contribution in [-0.2, 0) is 26.2 Å². The molecule has 0 aliphatic rings. The van der Waals surface area contributed by atoms with E-state index in [0.29, 0.717) is 16.3 Å². The Balaban J connectivity index is 1.56. The largest absolute Gasteiger partial charge is 0.460 e. The van der Waals surface area contributed by atoms with Crippen LogP contribution in [-0.4, -0.2) is 30.5 Å². The van der Waals surface area contributed by atoms with Crippen LogP contribution >= 0.6 is 11.3 Å². The van der Waals surface area contributed by atoms with Crippen molar-refractivity contribution in [3.8, 4) is 21.8 Å².